The Morgan fingerprint density at radius 3 is 1.89 bits per heavy atom. The monoisotopic (exact) mass is 364 g/mol. The van der Waals surface area contributed by atoms with Crippen LogP contribution in [0.3, 0.4) is 0 Å². The number of aromatic nitrogens is 4. The lowest BCUT2D eigenvalue weighted by molar-refractivity contribution is 0.888. The van der Waals surface area contributed by atoms with Crippen molar-refractivity contribution in [3.63, 3.8) is 0 Å². The van der Waals surface area contributed by atoms with Gasteiger partial charge in [0.05, 0.1) is 17.6 Å². The van der Waals surface area contributed by atoms with Gasteiger partial charge in [-0.3, -0.25) is 9.36 Å². The summed E-state index contributed by atoms with van der Waals surface area (Å²) in [5.41, 5.74) is 2.90. The Labute approximate surface area is 161 Å². The third-order valence-corrected chi connectivity index (χ3v) is 4.65. The molecule has 0 saturated heterocycles. The van der Waals surface area contributed by atoms with E-state index < -0.39 is 0 Å². The van der Waals surface area contributed by atoms with Crippen LogP contribution in [0, 0.1) is 0 Å². The lowest BCUT2D eigenvalue weighted by Crippen LogP contribution is -2.22. The molecule has 0 unspecified atom stereocenters. The fourth-order valence-electron chi connectivity index (χ4n) is 3.32. The van der Waals surface area contributed by atoms with Gasteiger partial charge in [0.15, 0.2) is 5.65 Å². The third-order valence-electron chi connectivity index (χ3n) is 4.65. The summed E-state index contributed by atoms with van der Waals surface area (Å²) in [7, 11) is 0. The molecule has 0 spiro atoms. The average Bonchev–Trinajstić information content (AvgIpc) is 3.20. The van der Waals surface area contributed by atoms with E-state index in [1.54, 1.807) is 15.4 Å². The smallest absolute Gasteiger partial charge is 0.268 e. The van der Waals surface area contributed by atoms with Crippen LogP contribution in [0.25, 0.3) is 33.8 Å². The second-order valence-electron chi connectivity index (χ2n) is 6.41. The normalized spacial score (nSPS) is 11.0. The van der Waals surface area contributed by atoms with Crippen molar-refractivity contribution < 1.29 is 0 Å². The van der Waals surface area contributed by atoms with Crippen LogP contribution in [0.5, 0.6) is 0 Å². The van der Waals surface area contributed by atoms with Crippen LogP contribution in [-0.2, 0) is 0 Å². The van der Waals surface area contributed by atoms with Gasteiger partial charge in [0.25, 0.3) is 5.56 Å². The molecule has 0 aliphatic carbocycles. The first-order valence-corrected chi connectivity index (χ1v) is 9.00. The largest absolute Gasteiger partial charge is 0.269 e. The van der Waals surface area contributed by atoms with Crippen LogP contribution in [0.4, 0.5) is 0 Å². The SMILES string of the molecule is O=c1c2cnn(-c3ccccc3)c2nc(-c2ccccc2)n1-c1ccccc1. The van der Waals surface area contributed by atoms with Crippen LogP contribution < -0.4 is 5.56 Å². The van der Waals surface area contributed by atoms with E-state index in [2.05, 4.69) is 5.10 Å². The molecule has 28 heavy (non-hydrogen) atoms. The highest BCUT2D eigenvalue weighted by Gasteiger charge is 2.18. The zero-order valence-electron chi connectivity index (χ0n) is 14.9. The summed E-state index contributed by atoms with van der Waals surface area (Å²) in [4.78, 5) is 18.3. The molecular weight excluding hydrogens is 348 g/mol. The number of para-hydroxylation sites is 2. The minimum atomic E-state index is -0.141. The highest BCUT2D eigenvalue weighted by molar-refractivity contribution is 5.78. The summed E-state index contributed by atoms with van der Waals surface area (Å²) in [6.07, 6.45) is 1.59. The molecule has 5 nitrogen and oxygen atoms in total. The van der Waals surface area contributed by atoms with E-state index in [4.69, 9.17) is 4.98 Å². The molecule has 0 radical (unpaired) electrons. The van der Waals surface area contributed by atoms with Crippen molar-refractivity contribution in [2.45, 2.75) is 0 Å². The lowest BCUT2D eigenvalue weighted by Gasteiger charge is -2.13. The van der Waals surface area contributed by atoms with Gasteiger partial charge in [-0.1, -0.05) is 66.7 Å². The molecule has 0 bridgehead atoms. The zero-order chi connectivity index (χ0) is 18.9. The molecular formula is C23H16N4O. The predicted molar refractivity (Wildman–Crippen MR) is 110 cm³/mol. The second-order valence-corrected chi connectivity index (χ2v) is 6.41. The highest BCUT2D eigenvalue weighted by atomic mass is 16.1. The highest BCUT2D eigenvalue weighted by Crippen LogP contribution is 2.23. The quantitative estimate of drug-likeness (QED) is 0.481. The van der Waals surface area contributed by atoms with E-state index in [0.717, 1.165) is 16.9 Å². The molecule has 0 atom stereocenters. The van der Waals surface area contributed by atoms with Crippen molar-refractivity contribution >= 4 is 11.0 Å². The van der Waals surface area contributed by atoms with Gasteiger partial charge in [-0.15, -0.1) is 0 Å². The van der Waals surface area contributed by atoms with Crippen LogP contribution in [0.2, 0.25) is 0 Å². The standard InChI is InChI=1S/C23H16N4O/c28-23-20-16-24-27(19-14-8-3-9-15-19)22(20)25-21(17-10-4-1-5-11-17)26(23)18-12-6-2-7-13-18/h1-16H. The van der Waals surface area contributed by atoms with E-state index in [1.807, 2.05) is 91.0 Å². The molecule has 2 aromatic heterocycles. The Kier molecular flexibility index (Phi) is 3.84. The van der Waals surface area contributed by atoms with Gasteiger partial charge in [-0.05, 0) is 24.3 Å². The summed E-state index contributed by atoms with van der Waals surface area (Å²) in [6.45, 7) is 0. The Morgan fingerprint density at radius 2 is 1.25 bits per heavy atom. The molecule has 0 N–H and O–H groups in total. The van der Waals surface area contributed by atoms with Crippen molar-refractivity contribution in [3.05, 3.63) is 108 Å². The van der Waals surface area contributed by atoms with Crippen LogP contribution in [0.15, 0.2) is 102 Å². The van der Waals surface area contributed by atoms with E-state index >= 15 is 0 Å². The molecule has 0 fully saturated rings. The van der Waals surface area contributed by atoms with E-state index in [9.17, 15) is 4.79 Å². The first-order chi connectivity index (χ1) is 13.8. The van der Waals surface area contributed by atoms with Gasteiger partial charge in [0.1, 0.15) is 11.2 Å². The molecule has 0 amide bonds. The summed E-state index contributed by atoms with van der Waals surface area (Å²) in [5, 5.41) is 4.92. The summed E-state index contributed by atoms with van der Waals surface area (Å²) >= 11 is 0. The van der Waals surface area contributed by atoms with Crippen molar-refractivity contribution in [2.24, 2.45) is 0 Å². The van der Waals surface area contributed by atoms with Gasteiger partial charge >= 0.3 is 0 Å². The molecule has 134 valence electrons. The van der Waals surface area contributed by atoms with Gasteiger partial charge in [0, 0.05) is 5.56 Å². The topological polar surface area (TPSA) is 52.7 Å². The first-order valence-electron chi connectivity index (χ1n) is 9.00. The zero-order valence-corrected chi connectivity index (χ0v) is 14.9. The van der Waals surface area contributed by atoms with E-state index in [-0.39, 0.29) is 5.56 Å². The van der Waals surface area contributed by atoms with Gasteiger partial charge in [-0.2, -0.15) is 5.10 Å². The maximum absolute atomic E-state index is 13.4. The van der Waals surface area contributed by atoms with Crippen molar-refractivity contribution in [2.75, 3.05) is 0 Å². The first kappa shape index (κ1) is 16.2. The minimum absolute atomic E-state index is 0.141. The maximum atomic E-state index is 13.4. The molecule has 0 saturated carbocycles. The predicted octanol–water partition coefficient (Wildman–Crippen LogP) is 4.24. The number of hydrogen-bond acceptors (Lipinski definition) is 3. The number of rotatable bonds is 3. The van der Waals surface area contributed by atoms with Crippen LogP contribution in [-0.4, -0.2) is 19.3 Å². The number of hydrogen-bond donors (Lipinski definition) is 0. The molecule has 3 aromatic carbocycles. The van der Waals surface area contributed by atoms with Gasteiger partial charge < -0.3 is 0 Å². The van der Waals surface area contributed by atoms with Gasteiger partial charge in [-0.25, -0.2) is 9.67 Å². The Bertz CT molecular complexity index is 1310. The summed E-state index contributed by atoms with van der Waals surface area (Å²) in [6, 6.07) is 29.0. The van der Waals surface area contributed by atoms with Crippen LogP contribution in [0.1, 0.15) is 0 Å². The fourth-order valence-corrected chi connectivity index (χ4v) is 3.32. The molecule has 5 rings (SSSR count). The Hall–Kier alpha value is -3.99. The Balaban J connectivity index is 1.87. The number of fused-ring (bicyclic) bond motifs is 1. The fraction of sp³-hybridized carbons (Fsp3) is 0. The third kappa shape index (κ3) is 2.61. The molecule has 5 heteroatoms. The number of benzene rings is 3. The Morgan fingerprint density at radius 1 is 0.679 bits per heavy atom. The molecule has 5 aromatic rings. The number of nitrogens with zero attached hydrogens (tertiary/aromatic N) is 4. The summed E-state index contributed by atoms with van der Waals surface area (Å²) in [5.74, 6) is 0.585. The maximum Gasteiger partial charge on any atom is 0.269 e. The van der Waals surface area contributed by atoms with Crippen molar-refractivity contribution in [3.8, 4) is 22.8 Å². The van der Waals surface area contributed by atoms with Crippen molar-refractivity contribution in [1.29, 1.82) is 0 Å². The van der Waals surface area contributed by atoms with Gasteiger partial charge in [0.2, 0.25) is 0 Å². The molecule has 0 aliphatic rings. The van der Waals surface area contributed by atoms with Crippen LogP contribution >= 0.6 is 0 Å². The minimum Gasteiger partial charge on any atom is -0.268 e. The van der Waals surface area contributed by atoms with E-state index in [1.165, 1.54) is 0 Å². The van der Waals surface area contributed by atoms with Crippen molar-refractivity contribution in [1.82, 2.24) is 19.3 Å². The second kappa shape index (κ2) is 6.63. The lowest BCUT2D eigenvalue weighted by atomic mass is 10.2. The summed E-state index contributed by atoms with van der Waals surface area (Å²) < 4.78 is 3.35. The molecule has 2 heterocycles. The molecule has 0 aliphatic heterocycles. The average molecular weight is 364 g/mol. The van der Waals surface area contributed by atoms with E-state index in [0.29, 0.717) is 16.9 Å².